The Morgan fingerprint density at radius 1 is 1.28 bits per heavy atom. The first-order valence-electron chi connectivity index (χ1n) is 10.4. The van der Waals surface area contributed by atoms with E-state index >= 15 is 0 Å². The van der Waals surface area contributed by atoms with Crippen molar-refractivity contribution in [3.8, 4) is 0 Å². The Morgan fingerprint density at radius 2 is 2.03 bits per heavy atom. The average Bonchev–Trinajstić information content (AvgIpc) is 3.31. The molecule has 0 saturated heterocycles. The van der Waals surface area contributed by atoms with Crippen LogP contribution in [0, 0.1) is 18.8 Å². The van der Waals surface area contributed by atoms with Gasteiger partial charge in [-0.25, -0.2) is 4.99 Å². The van der Waals surface area contributed by atoms with Gasteiger partial charge in [-0.1, -0.05) is 19.9 Å². The third kappa shape index (κ3) is 7.24. The molecule has 0 unspecified atom stereocenters. The van der Waals surface area contributed by atoms with Crippen LogP contribution in [-0.2, 0) is 20.0 Å². The number of nitrogens with one attached hydrogen (secondary N) is 2. The Balaban J connectivity index is 0.00000300. The lowest BCUT2D eigenvalue weighted by molar-refractivity contribution is 0.250. The van der Waals surface area contributed by atoms with Crippen LogP contribution in [0.3, 0.4) is 0 Å². The zero-order valence-corrected chi connectivity index (χ0v) is 21.2. The molecule has 1 aliphatic carbocycles. The standard InChI is InChI=1S/C21H34N6S.HI/c1-15(2)17-7-9-18(10-8-17)24-21(22-12-11-19-6-5-13-28-19)23-14-20-26-25-16(3)27(20)4;/h5-6,13,15,17-18H,7-12,14H2,1-4H3,(H2,22,23,24);1H. The summed E-state index contributed by atoms with van der Waals surface area (Å²) in [6, 6.07) is 4.80. The fraction of sp³-hybridized carbons (Fsp3) is 0.667. The molecule has 0 atom stereocenters. The minimum Gasteiger partial charge on any atom is -0.356 e. The van der Waals surface area contributed by atoms with Crippen LogP contribution >= 0.6 is 35.3 Å². The van der Waals surface area contributed by atoms with Gasteiger partial charge in [0.2, 0.25) is 0 Å². The number of hydrogen-bond donors (Lipinski definition) is 2. The van der Waals surface area contributed by atoms with Gasteiger partial charge in [-0.2, -0.15) is 0 Å². The first-order chi connectivity index (χ1) is 13.5. The predicted molar refractivity (Wildman–Crippen MR) is 132 cm³/mol. The fourth-order valence-electron chi connectivity index (χ4n) is 3.77. The van der Waals surface area contributed by atoms with Crippen molar-refractivity contribution in [2.24, 2.45) is 23.9 Å². The van der Waals surface area contributed by atoms with Crippen molar-refractivity contribution in [1.82, 2.24) is 25.4 Å². The van der Waals surface area contributed by atoms with Crippen molar-refractivity contribution in [2.45, 2.75) is 65.5 Å². The number of halogens is 1. The van der Waals surface area contributed by atoms with E-state index in [0.717, 1.165) is 42.4 Å². The minimum absolute atomic E-state index is 0. The number of guanidine groups is 1. The number of thiophene rings is 1. The number of rotatable bonds is 7. The first kappa shape index (κ1) is 24.1. The maximum Gasteiger partial charge on any atom is 0.191 e. The highest BCUT2D eigenvalue weighted by atomic mass is 127. The second kappa shape index (κ2) is 11.9. The van der Waals surface area contributed by atoms with Gasteiger partial charge < -0.3 is 15.2 Å². The molecule has 1 saturated carbocycles. The van der Waals surface area contributed by atoms with Crippen molar-refractivity contribution in [3.63, 3.8) is 0 Å². The van der Waals surface area contributed by atoms with Gasteiger partial charge in [-0.3, -0.25) is 0 Å². The lowest BCUT2D eigenvalue weighted by atomic mass is 9.80. The minimum atomic E-state index is 0. The quantitative estimate of drug-likeness (QED) is 0.319. The summed E-state index contributed by atoms with van der Waals surface area (Å²) in [6.07, 6.45) is 6.07. The smallest absolute Gasteiger partial charge is 0.191 e. The molecule has 0 radical (unpaired) electrons. The summed E-state index contributed by atoms with van der Waals surface area (Å²) in [5, 5.41) is 17.7. The maximum absolute atomic E-state index is 4.81. The average molecular weight is 531 g/mol. The topological polar surface area (TPSA) is 67.1 Å². The van der Waals surface area contributed by atoms with Gasteiger partial charge in [0.15, 0.2) is 11.8 Å². The normalized spacial score (nSPS) is 19.8. The summed E-state index contributed by atoms with van der Waals surface area (Å²) < 4.78 is 2.00. The third-order valence-corrected chi connectivity index (χ3v) is 6.80. The molecule has 8 heteroatoms. The van der Waals surface area contributed by atoms with Crippen LogP contribution in [0.5, 0.6) is 0 Å². The summed E-state index contributed by atoms with van der Waals surface area (Å²) in [5.74, 6) is 4.35. The van der Waals surface area contributed by atoms with Crippen LogP contribution in [0.4, 0.5) is 0 Å². The molecular weight excluding hydrogens is 495 g/mol. The van der Waals surface area contributed by atoms with E-state index < -0.39 is 0 Å². The largest absolute Gasteiger partial charge is 0.356 e. The number of aryl methyl sites for hydroxylation is 1. The van der Waals surface area contributed by atoms with Gasteiger partial charge in [0.05, 0.1) is 0 Å². The molecule has 0 amide bonds. The van der Waals surface area contributed by atoms with Crippen LogP contribution in [0.2, 0.25) is 0 Å². The Kier molecular flexibility index (Phi) is 9.88. The van der Waals surface area contributed by atoms with Crippen LogP contribution in [0.1, 0.15) is 56.1 Å². The van der Waals surface area contributed by atoms with Crippen molar-refractivity contribution in [2.75, 3.05) is 6.54 Å². The van der Waals surface area contributed by atoms with E-state index in [1.54, 1.807) is 11.3 Å². The molecule has 0 aromatic carbocycles. The molecule has 162 valence electrons. The van der Waals surface area contributed by atoms with E-state index in [2.05, 4.69) is 52.2 Å². The van der Waals surface area contributed by atoms with Crippen molar-refractivity contribution < 1.29 is 0 Å². The van der Waals surface area contributed by atoms with Crippen LogP contribution in [-0.4, -0.2) is 33.3 Å². The number of nitrogens with zero attached hydrogens (tertiary/aromatic N) is 4. The molecule has 2 aromatic heterocycles. The van der Waals surface area contributed by atoms with Gasteiger partial charge in [0.1, 0.15) is 12.4 Å². The number of aromatic nitrogens is 3. The first-order valence-corrected chi connectivity index (χ1v) is 11.3. The van der Waals surface area contributed by atoms with E-state index in [9.17, 15) is 0 Å². The Bertz CT molecular complexity index is 747. The molecule has 2 aromatic rings. The van der Waals surface area contributed by atoms with Crippen molar-refractivity contribution in [1.29, 1.82) is 0 Å². The highest BCUT2D eigenvalue weighted by Crippen LogP contribution is 2.29. The van der Waals surface area contributed by atoms with Gasteiger partial charge in [0, 0.05) is 24.5 Å². The second-order valence-corrected chi connectivity index (χ2v) is 9.18. The van der Waals surface area contributed by atoms with Crippen LogP contribution in [0.15, 0.2) is 22.5 Å². The predicted octanol–water partition coefficient (Wildman–Crippen LogP) is 4.30. The summed E-state index contributed by atoms with van der Waals surface area (Å²) in [4.78, 5) is 6.21. The zero-order chi connectivity index (χ0) is 19.9. The van der Waals surface area contributed by atoms with E-state index in [0.29, 0.717) is 12.6 Å². The lowest BCUT2D eigenvalue weighted by Gasteiger charge is -2.32. The van der Waals surface area contributed by atoms with E-state index in [1.165, 1.54) is 30.6 Å². The molecule has 6 nitrogen and oxygen atoms in total. The van der Waals surface area contributed by atoms with Gasteiger partial charge in [0.25, 0.3) is 0 Å². The highest BCUT2D eigenvalue weighted by molar-refractivity contribution is 14.0. The molecule has 29 heavy (non-hydrogen) atoms. The van der Waals surface area contributed by atoms with Gasteiger partial charge >= 0.3 is 0 Å². The highest BCUT2D eigenvalue weighted by Gasteiger charge is 2.23. The number of hydrogen-bond acceptors (Lipinski definition) is 4. The van der Waals surface area contributed by atoms with Crippen LogP contribution < -0.4 is 10.6 Å². The second-order valence-electron chi connectivity index (χ2n) is 8.14. The summed E-state index contributed by atoms with van der Waals surface area (Å²) >= 11 is 1.81. The molecule has 1 fully saturated rings. The van der Waals surface area contributed by atoms with Crippen molar-refractivity contribution >= 4 is 41.3 Å². The molecule has 0 spiro atoms. The summed E-state index contributed by atoms with van der Waals surface area (Å²) in [6.45, 7) is 8.07. The Labute approximate surface area is 196 Å². The molecule has 2 heterocycles. The zero-order valence-electron chi connectivity index (χ0n) is 18.0. The Morgan fingerprint density at radius 3 is 2.62 bits per heavy atom. The lowest BCUT2D eigenvalue weighted by Crippen LogP contribution is -2.45. The summed E-state index contributed by atoms with van der Waals surface area (Å²) in [7, 11) is 1.99. The van der Waals surface area contributed by atoms with Gasteiger partial charge in [-0.15, -0.1) is 45.5 Å². The molecule has 0 aliphatic heterocycles. The van der Waals surface area contributed by atoms with E-state index in [-0.39, 0.29) is 24.0 Å². The van der Waals surface area contributed by atoms with Crippen LogP contribution in [0.25, 0.3) is 0 Å². The molecule has 0 bridgehead atoms. The molecule has 2 N–H and O–H groups in total. The molecular formula is C21H35IN6S. The SMILES string of the molecule is Cc1nnc(CN=C(NCCc2cccs2)NC2CCC(C(C)C)CC2)n1C.I. The summed E-state index contributed by atoms with van der Waals surface area (Å²) in [5.41, 5.74) is 0. The maximum atomic E-state index is 4.81. The van der Waals surface area contributed by atoms with E-state index in [1.807, 2.05) is 18.5 Å². The number of aliphatic imine (C=N–C) groups is 1. The fourth-order valence-corrected chi connectivity index (χ4v) is 4.48. The van der Waals surface area contributed by atoms with Gasteiger partial charge in [-0.05, 0) is 62.3 Å². The monoisotopic (exact) mass is 530 g/mol. The van der Waals surface area contributed by atoms with Crippen molar-refractivity contribution in [3.05, 3.63) is 34.0 Å². The van der Waals surface area contributed by atoms with E-state index in [4.69, 9.17) is 4.99 Å². The Hall–Kier alpha value is -1.16. The molecule has 1 aliphatic rings. The third-order valence-electron chi connectivity index (χ3n) is 5.86. The molecule has 3 rings (SSSR count).